The van der Waals surface area contributed by atoms with E-state index >= 15 is 0 Å². The third-order valence-corrected chi connectivity index (χ3v) is 16.5. The van der Waals surface area contributed by atoms with E-state index in [0.29, 0.717) is 0 Å². The zero-order valence-corrected chi connectivity index (χ0v) is 76.0. The van der Waals surface area contributed by atoms with Gasteiger partial charge in [-0.3, -0.25) is 0 Å². The Balaban J connectivity index is 0.000000693. The second kappa shape index (κ2) is 51.6. The fourth-order valence-corrected chi connectivity index (χ4v) is 11.9. The van der Waals surface area contributed by atoms with Gasteiger partial charge in [-0.2, -0.15) is 90.0 Å². The van der Waals surface area contributed by atoms with E-state index in [1.54, 1.807) is 0 Å². The second-order valence-electron chi connectivity index (χ2n) is 21.9. The van der Waals surface area contributed by atoms with Crippen LogP contribution in [0.4, 0.5) is 0 Å². The number of fused-ring (bicyclic) bond motifs is 5. The maximum absolute atomic E-state index is 3.72. The van der Waals surface area contributed by atoms with Gasteiger partial charge in [0.05, 0.1) is 6.04 Å². The van der Waals surface area contributed by atoms with Crippen LogP contribution < -0.4 is 9.13 Å². The predicted molar refractivity (Wildman–Crippen MR) is 447 cm³/mol. The van der Waals surface area contributed by atoms with E-state index in [1.165, 1.54) is 87.2 Å². The number of hydrogen-bond acceptors (Lipinski definition) is 1. The molecule has 3 nitrogen and oxygen atoms in total. The summed E-state index contributed by atoms with van der Waals surface area (Å²) in [6.45, 7) is 42.4. The van der Waals surface area contributed by atoms with Gasteiger partial charge >= 0.3 is 0 Å². The molecule has 0 spiro atoms. The van der Waals surface area contributed by atoms with Gasteiger partial charge in [0.2, 0.25) is 0 Å². The summed E-state index contributed by atoms with van der Waals surface area (Å²) in [7, 11) is 6.26. The molecular formula is C98H115N3Y3-4. The minimum absolute atomic E-state index is 0. The van der Waals surface area contributed by atoms with Crippen molar-refractivity contribution in [3.8, 4) is 55.9 Å². The van der Waals surface area contributed by atoms with Crippen molar-refractivity contribution in [1.29, 1.82) is 0 Å². The van der Waals surface area contributed by atoms with Crippen LogP contribution in [0.3, 0.4) is 0 Å². The molecule has 15 rings (SSSR count). The van der Waals surface area contributed by atoms with Crippen molar-refractivity contribution < 1.29 is 107 Å². The summed E-state index contributed by atoms with van der Waals surface area (Å²) < 4.78 is 4.28. The van der Waals surface area contributed by atoms with Crippen molar-refractivity contribution in [3.05, 3.63) is 307 Å². The van der Waals surface area contributed by atoms with Crippen molar-refractivity contribution in [2.24, 2.45) is 14.1 Å². The van der Waals surface area contributed by atoms with E-state index in [0.717, 1.165) is 62.3 Å². The molecule has 2 aliphatic rings. The Bertz CT molecular complexity index is 4660. The molecule has 0 N–H and O–H groups in total. The number of rotatable bonds is 6. The van der Waals surface area contributed by atoms with Crippen LogP contribution in [0, 0.1) is 57.2 Å². The Labute approximate surface area is 706 Å². The molecular weight excluding hydrogens is 1490 g/mol. The Kier molecular flexibility index (Phi) is 47.3. The molecule has 11 aromatic carbocycles. The number of pyridine rings is 2. The molecule has 1 aliphatic carbocycles. The van der Waals surface area contributed by atoms with Crippen molar-refractivity contribution in [3.63, 3.8) is 0 Å². The molecule has 535 valence electrons. The van der Waals surface area contributed by atoms with Gasteiger partial charge in [-0.25, -0.2) is 31.4 Å². The molecule has 104 heavy (non-hydrogen) atoms. The fraction of sp³-hybridized carbons (Fsp3) is 0.265. The number of aromatic nitrogens is 2. The van der Waals surface area contributed by atoms with Gasteiger partial charge in [-0.15, -0.1) is 79.7 Å². The fourth-order valence-electron chi connectivity index (χ4n) is 11.9. The number of allylic oxidation sites excluding steroid dienone is 3. The summed E-state index contributed by atoms with van der Waals surface area (Å²) in [5, 5.41) is 12.6. The quantitative estimate of drug-likeness (QED) is 0.0699. The van der Waals surface area contributed by atoms with E-state index in [1.807, 2.05) is 137 Å². The van der Waals surface area contributed by atoms with Gasteiger partial charge in [0.25, 0.3) is 0 Å². The summed E-state index contributed by atoms with van der Waals surface area (Å²) in [6, 6.07) is 90.5. The maximum Gasteiger partial charge on any atom is 0.161 e. The van der Waals surface area contributed by atoms with Gasteiger partial charge in [0.15, 0.2) is 12.4 Å². The van der Waals surface area contributed by atoms with Gasteiger partial charge in [-0.05, 0) is 52.6 Å². The molecule has 6 heteroatoms. The molecule has 1 atom stereocenters. The number of hydrogen-bond donors (Lipinski definition) is 0. The molecule has 0 amide bonds. The molecule has 13 aromatic rings. The molecule has 0 fully saturated rings. The Morgan fingerprint density at radius 1 is 0.375 bits per heavy atom. The largest absolute Gasteiger partial charge is 0.372 e. The van der Waals surface area contributed by atoms with Crippen molar-refractivity contribution in [1.82, 2.24) is 4.90 Å². The van der Waals surface area contributed by atoms with E-state index in [9.17, 15) is 0 Å². The van der Waals surface area contributed by atoms with Gasteiger partial charge in [-0.1, -0.05) is 294 Å². The van der Waals surface area contributed by atoms with Crippen LogP contribution in [0.1, 0.15) is 164 Å². The number of aryl methyl sites for hydroxylation is 5. The first kappa shape index (κ1) is 95.4. The first-order valence-electron chi connectivity index (χ1n) is 37.5. The third-order valence-electron chi connectivity index (χ3n) is 16.5. The van der Waals surface area contributed by atoms with Gasteiger partial charge in [0, 0.05) is 117 Å². The average molecular weight is 1600 g/mol. The van der Waals surface area contributed by atoms with Crippen LogP contribution in [0.25, 0.3) is 116 Å². The summed E-state index contributed by atoms with van der Waals surface area (Å²) in [6.07, 6.45) is 18.1. The molecule has 3 radical (unpaired) electrons. The topological polar surface area (TPSA) is 11.0 Å². The first-order chi connectivity index (χ1) is 49.6. The molecule has 0 saturated carbocycles. The monoisotopic (exact) mass is 1600 g/mol. The Morgan fingerprint density at radius 2 is 0.856 bits per heavy atom. The van der Waals surface area contributed by atoms with Gasteiger partial charge in [0.1, 0.15) is 25.5 Å². The van der Waals surface area contributed by atoms with Crippen molar-refractivity contribution in [2.45, 2.75) is 158 Å². The molecule has 0 bridgehead atoms. The normalized spacial score (nSPS) is 11.2. The third kappa shape index (κ3) is 24.2. The zero-order valence-electron chi connectivity index (χ0n) is 67.5. The maximum atomic E-state index is 3.72. The number of benzene rings is 11. The van der Waals surface area contributed by atoms with Gasteiger partial charge < -0.3 is 4.90 Å². The van der Waals surface area contributed by atoms with Crippen LogP contribution in [-0.4, -0.2) is 11.9 Å². The molecule has 3 heterocycles. The Hall–Kier alpha value is -6.65. The summed E-state index contributed by atoms with van der Waals surface area (Å²) in [5.41, 5.74) is 18.7. The smallest absolute Gasteiger partial charge is 0.161 e. The van der Waals surface area contributed by atoms with E-state index in [4.69, 9.17) is 0 Å². The van der Waals surface area contributed by atoms with Crippen LogP contribution in [0.5, 0.6) is 0 Å². The minimum atomic E-state index is 0. The number of nitrogens with zero attached hydrogens (tertiary/aromatic N) is 3. The van der Waals surface area contributed by atoms with E-state index in [-0.39, 0.29) is 104 Å². The molecule has 2 aromatic heterocycles. The standard InChI is InChI=1S/2C27H20N.C26H21N.9C2H6.3Y/c1-19-10-11-22(18-26(19)27-9-5-6-16-28(27)2)21-14-15-25-23(17-21)13-12-20-7-3-4-8-24(20)25;1-19-10-11-24(18-26(19)27-9-5-6-14-28(27)2)22-12-13-23-15-20-7-3-4-8-21(20)16-25(23)17-22;1-18-12-13-21(17-24(18)25-11-3-4-16-27(25)2)22-15-14-20-8-5-7-19-9-6-10-23(22)26(19)20;9*1-2;;;/h3-13,15-17H,1-2H3;3-11,13-17H,1-2H3;3-7,9-14,16,25H,8H2,1-2H3;9*1-2H3;;;/q2*-1;-2;;;;;;;;;;;;. The molecule has 1 aliphatic heterocycles. The number of likely N-dealkylation sites (N-methyl/N-ethyl adjacent to an activating group) is 1. The SMILES string of the molecule is CC.CC.CC.CC.CC.CC.CC.CC.CC.Cc1ccc(-c2[c-]cc3c(ccc4ccccc43)c2)[c-]c1-c1cccc[n+]1C.Cc1ccc(-c2[c-]cc3c4c(cccc24)C=CC3)[c-]c1C1C=CC=CN1C.Cc1ccc(-c2[c-]cc3cc4ccccc4cc3c2)[c-]c1-c1cccc[n+]1C.[Y].[Y].[Y]. The summed E-state index contributed by atoms with van der Waals surface area (Å²) in [4.78, 5) is 2.23. The van der Waals surface area contributed by atoms with Crippen molar-refractivity contribution >= 4 is 59.9 Å². The second-order valence-corrected chi connectivity index (χ2v) is 21.9. The van der Waals surface area contributed by atoms with Crippen LogP contribution >= 0.6 is 0 Å². The summed E-state index contributed by atoms with van der Waals surface area (Å²) >= 11 is 0. The van der Waals surface area contributed by atoms with Crippen molar-refractivity contribution in [2.75, 3.05) is 7.05 Å². The zero-order chi connectivity index (χ0) is 74.6. The molecule has 0 saturated heterocycles. The molecule has 1 unspecified atom stereocenters. The summed E-state index contributed by atoms with van der Waals surface area (Å²) in [5.74, 6) is 0. The average Bonchev–Trinajstić information content (AvgIpc) is 0.761. The van der Waals surface area contributed by atoms with E-state index in [2.05, 4.69) is 323 Å². The van der Waals surface area contributed by atoms with E-state index < -0.39 is 0 Å². The van der Waals surface area contributed by atoms with Crippen LogP contribution in [-0.2, 0) is 119 Å². The Morgan fingerprint density at radius 3 is 1.41 bits per heavy atom. The van der Waals surface area contributed by atoms with Crippen LogP contribution in [0.15, 0.2) is 237 Å². The first-order valence-corrected chi connectivity index (χ1v) is 37.5. The predicted octanol–water partition coefficient (Wildman–Crippen LogP) is 27.4. The van der Waals surface area contributed by atoms with Crippen LogP contribution in [0.2, 0.25) is 0 Å². The minimum Gasteiger partial charge on any atom is -0.372 e.